The van der Waals surface area contributed by atoms with Gasteiger partial charge in [0.05, 0.1) is 6.61 Å². The summed E-state index contributed by atoms with van der Waals surface area (Å²) in [4.78, 5) is -0.393. The molecule has 0 radical (unpaired) electrons. The molecule has 1 aliphatic carbocycles. The molecular weight excluding hydrogens is 281 g/mol. The van der Waals surface area contributed by atoms with E-state index in [-0.39, 0.29) is 18.6 Å². The van der Waals surface area contributed by atoms with Gasteiger partial charge >= 0.3 is 0 Å². The lowest BCUT2D eigenvalue weighted by Gasteiger charge is -2.20. The molecule has 0 saturated heterocycles. The lowest BCUT2D eigenvalue weighted by Crippen LogP contribution is -2.37. The van der Waals surface area contributed by atoms with Gasteiger partial charge in [-0.3, -0.25) is 0 Å². The molecule has 1 aromatic carbocycles. The molecule has 20 heavy (non-hydrogen) atoms. The molecule has 0 heterocycles. The van der Waals surface area contributed by atoms with E-state index in [9.17, 15) is 12.8 Å². The van der Waals surface area contributed by atoms with Crippen LogP contribution in [0.3, 0.4) is 0 Å². The molecule has 3 atom stereocenters. The monoisotopic (exact) mass is 301 g/mol. The molecule has 1 aliphatic rings. The van der Waals surface area contributed by atoms with Gasteiger partial charge in [-0.25, -0.2) is 17.5 Å². The Hall–Kier alpha value is -0.980. The molecule has 2 N–H and O–H groups in total. The Labute approximate surface area is 119 Å². The Morgan fingerprint density at radius 3 is 2.60 bits per heavy atom. The second-order valence-electron chi connectivity index (χ2n) is 5.56. The summed E-state index contributed by atoms with van der Waals surface area (Å²) in [6, 6.07) is 3.46. The Balaban J connectivity index is 2.27. The van der Waals surface area contributed by atoms with Crippen molar-refractivity contribution in [3.8, 4) is 0 Å². The minimum Gasteiger partial charge on any atom is -0.392 e. The molecule has 1 aromatic rings. The van der Waals surface area contributed by atoms with Crippen LogP contribution in [0.25, 0.3) is 0 Å². The highest BCUT2D eigenvalue weighted by atomic mass is 32.2. The van der Waals surface area contributed by atoms with Gasteiger partial charge in [0.1, 0.15) is 10.7 Å². The number of rotatable bonds is 4. The highest BCUT2D eigenvalue weighted by Crippen LogP contribution is 2.32. The zero-order chi connectivity index (χ0) is 14.9. The van der Waals surface area contributed by atoms with E-state index < -0.39 is 20.7 Å². The summed E-state index contributed by atoms with van der Waals surface area (Å²) in [6.07, 6.45) is 1.73. The number of hydrogen-bond acceptors (Lipinski definition) is 3. The van der Waals surface area contributed by atoms with Crippen molar-refractivity contribution in [3.63, 3.8) is 0 Å². The number of halogens is 1. The van der Waals surface area contributed by atoms with Crippen molar-refractivity contribution >= 4 is 10.0 Å². The van der Waals surface area contributed by atoms with Crippen molar-refractivity contribution in [1.29, 1.82) is 0 Å². The van der Waals surface area contributed by atoms with Crippen molar-refractivity contribution in [1.82, 2.24) is 4.72 Å². The molecule has 0 spiro atoms. The Bertz CT molecular complexity index is 588. The molecule has 0 bridgehead atoms. The normalized spacial score (nSPS) is 26.9. The average Bonchev–Trinajstić information content (AvgIpc) is 2.70. The maximum Gasteiger partial charge on any atom is 0.243 e. The zero-order valence-corrected chi connectivity index (χ0v) is 12.5. The maximum absolute atomic E-state index is 13.7. The Morgan fingerprint density at radius 1 is 1.35 bits per heavy atom. The highest BCUT2D eigenvalue weighted by molar-refractivity contribution is 7.89. The van der Waals surface area contributed by atoms with Gasteiger partial charge in [0.25, 0.3) is 0 Å². The van der Waals surface area contributed by atoms with Gasteiger partial charge in [0.2, 0.25) is 10.0 Å². The van der Waals surface area contributed by atoms with E-state index in [1.807, 2.05) is 6.92 Å². The van der Waals surface area contributed by atoms with Crippen LogP contribution in [-0.4, -0.2) is 19.6 Å². The highest BCUT2D eigenvalue weighted by Gasteiger charge is 2.33. The number of hydrogen-bond donors (Lipinski definition) is 2. The summed E-state index contributed by atoms with van der Waals surface area (Å²) in [5, 5.41) is 9.04. The number of sulfonamides is 1. The van der Waals surface area contributed by atoms with Crippen LogP contribution in [0.15, 0.2) is 23.1 Å². The van der Waals surface area contributed by atoms with Crippen LogP contribution < -0.4 is 4.72 Å². The SMILES string of the molecule is CC1CCC(NS(=O)(=O)c2cc(CO)ccc2F)C1C. The topological polar surface area (TPSA) is 66.4 Å². The second-order valence-corrected chi connectivity index (χ2v) is 7.25. The van der Waals surface area contributed by atoms with Crippen LogP contribution in [0.2, 0.25) is 0 Å². The van der Waals surface area contributed by atoms with E-state index in [2.05, 4.69) is 11.6 Å². The summed E-state index contributed by atoms with van der Waals surface area (Å²) in [5.74, 6) is -0.112. The number of aliphatic hydroxyl groups excluding tert-OH is 1. The van der Waals surface area contributed by atoms with Gasteiger partial charge in [0, 0.05) is 6.04 Å². The number of nitrogens with one attached hydrogen (secondary N) is 1. The quantitative estimate of drug-likeness (QED) is 0.894. The second kappa shape index (κ2) is 5.79. The third kappa shape index (κ3) is 3.02. The Morgan fingerprint density at radius 2 is 2.05 bits per heavy atom. The van der Waals surface area contributed by atoms with E-state index in [1.165, 1.54) is 12.1 Å². The third-order valence-corrected chi connectivity index (χ3v) is 5.74. The van der Waals surface area contributed by atoms with E-state index in [1.54, 1.807) is 0 Å². The summed E-state index contributed by atoms with van der Waals surface area (Å²) < 4.78 is 40.9. The first-order chi connectivity index (χ1) is 9.35. The molecule has 1 saturated carbocycles. The van der Waals surface area contributed by atoms with Gasteiger partial charge in [0.15, 0.2) is 0 Å². The first-order valence-electron chi connectivity index (χ1n) is 6.76. The fourth-order valence-electron chi connectivity index (χ4n) is 2.65. The van der Waals surface area contributed by atoms with Gasteiger partial charge < -0.3 is 5.11 Å². The molecule has 6 heteroatoms. The standard InChI is InChI=1S/C14H20FNO3S/c1-9-3-6-13(10(9)2)16-20(18,19)14-7-11(8-17)4-5-12(14)15/h4-5,7,9-10,13,16-17H,3,6,8H2,1-2H3. The predicted molar refractivity (Wildman–Crippen MR) is 74.0 cm³/mol. The minimum atomic E-state index is -3.90. The van der Waals surface area contributed by atoms with Crippen molar-refractivity contribution in [2.75, 3.05) is 0 Å². The van der Waals surface area contributed by atoms with Crippen molar-refractivity contribution in [2.24, 2.45) is 11.8 Å². The largest absolute Gasteiger partial charge is 0.392 e. The molecule has 3 unspecified atom stereocenters. The van der Waals surface area contributed by atoms with Crippen molar-refractivity contribution in [3.05, 3.63) is 29.6 Å². The fourth-order valence-corrected chi connectivity index (χ4v) is 4.14. The zero-order valence-electron chi connectivity index (χ0n) is 11.6. The summed E-state index contributed by atoms with van der Waals surface area (Å²) in [7, 11) is -3.90. The van der Waals surface area contributed by atoms with Gasteiger partial charge in [-0.2, -0.15) is 0 Å². The molecule has 4 nitrogen and oxygen atoms in total. The molecule has 0 amide bonds. The first kappa shape index (κ1) is 15.4. The first-order valence-corrected chi connectivity index (χ1v) is 8.25. The minimum absolute atomic E-state index is 0.160. The smallest absolute Gasteiger partial charge is 0.243 e. The molecule has 112 valence electrons. The molecule has 0 aliphatic heterocycles. The molecule has 0 aromatic heterocycles. The predicted octanol–water partition coefficient (Wildman–Crippen LogP) is 2.03. The van der Waals surface area contributed by atoms with Crippen LogP contribution >= 0.6 is 0 Å². The van der Waals surface area contributed by atoms with Crippen LogP contribution in [-0.2, 0) is 16.6 Å². The average molecular weight is 301 g/mol. The number of aliphatic hydroxyl groups is 1. The summed E-state index contributed by atoms with van der Waals surface area (Å²) in [6.45, 7) is 3.77. The number of benzene rings is 1. The van der Waals surface area contributed by atoms with Crippen LogP contribution in [0.5, 0.6) is 0 Å². The van der Waals surface area contributed by atoms with Crippen molar-refractivity contribution in [2.45, 2.75) is 44.2 Å². The molecular formula is C14H20FNO3S. The van der Waals surface area contributed by atoms with E-state index in [0.29, 0.717) is 11.5 Å². The van der Waals surface area contributed by atoms with E-state index >= 15 is 0 Å². The van der Waals surface area contributed by atoms with E-state index in [4.69, 9.17) is 5.11 Å². The summed E-state index contributed by atoms with van der Waals surface area (Å²) >= 11 is 0. The van der Waals surface area contributed by atoms with Crippen molar-refractivity contribution < 1.29 is 17.9 Å². The van der Waals surface area contributed by atoms with Crippen LogP contribution in [0, 0.1) is 17.7 Å². The Kier molecular flexibility index (Phi) is 4.46. The lowest BCUT2D eigenvalue weighted by atomic mass is 9.98. The van der Waals surface area contributed by atoms with Crippen LogP contribution in [0.1, 0.15) is 32.3 Å². The molecule has 2 rings (SSSR count). The summed E-state index contributed by atoms with van der Waals surface area (Å²) in [5.41, 5.74) is 0.375. The van der Waals surface area contributed by atoms with Gasteiger partial charge in [-0.1, -0.05) is 19.9 Å². The maximum atomic E-state index is 13.7. The van der Waals surface area contributed by atoms with Gasteiger partial charge in [-0.05, 0) is 42.4 Å². The van der Waals surface area contributed by atoms with E-state index in [0.717, 1.165) is 18.9 Å². The lowest BCUT2D eigenvalue weighted by molar-refractivity contribution is 0.281. The fraction of sp³-hybridized carbons (Fsp3) is 0.571. The third-order valence-electron chi connectivity index (χ3n) is 4.24. The van der Waals surface area contributed by atoms with Gasteiger partial charge in [-0.15, -0.1) is 0 Å². The molecule has 1 fully saturated rings. The van der Waals surface area contributed by atoms with Crippen LogP contribution in [0.4, 0.5) is 4.39 Å².